The average molecular weight is 275 g/mol. The van der Waals surface area contributed by atoms with E-state index in [-0.39, 0.29) is 6.04 Å². The van der Waals surface area contributed by atoms with Crippen LogP contribution in [0.5, 0.6) is 0 Å². The van der Waals surface area contributed by atoms with Crippen LogP contribution in [0, 0.1) is 6.92 Å². The highest BCUT2D eigenvalue weighted by molar-refractivity contribution is 5.55. The van der Waals surface area contributed by atoms with Gasteiger partial charge in [-0.2, -0.15) is 0 Å². The number of benzene rings is 1. The smallest absolute Gasteiger partial charge is 0.0397 e. The summed E-state index contributed by atoms with van der Waals surface area (Å²) in [7, 11) is 4.45. The van der Waals surface area contributed by atoms with Gasteiger partial charge in [0.05, 0.1) is 0 Å². The van der Waals surface area contributed by atoms with Gasteiger partial charge < -0.3 is 15.5 Å². The van der Waals surface area contributed by atoms with Crippen molar-refractivity contribution in [3.63, 3.8) is 0 Å². The molecule has 1 aromatic carbocycles. The summed E-state index contributed by atoms with van der Waals surface area (Å²) in [6.07, 6.45) is 3.59. The Bertz CT molecular complexity index is 442. The summed E-state index contributed by atoms with van der Waals surface area (Å²) < 4.78 is 0. The molecule has 112 valence electrons. The highest BCUT2D eigenvalue weighted by Gasteiger charge is 2.23. The first-order valence-electron chi connectivity index (χ1n) is 7.74. The zero-order valence-corrected chi connectivity index (χ0v) is 13.4. The maximum absolute atomic E-state index is 6.00. The second kappa shape index (κ2) is 6.59. The fourth-order valence-electron chi connectivity index (χ4n) is 3.22. The third-order valence-electron chi connectivity index (χ3n) is 4.34. The molecule has 1 fully saturated rings. The predicted octanol–water partition coefficient (Wildman–Crippen LogP) is 2.42. The SMILES string of the molecule is Cc1ccc(N(C)CC2CCCN2C)c(CC(C)N)c1. The summed E-state index contributed by atoms with van der Waals surface area (Å²) in [6, 6.07) is 7.63. The highest BCUT2D eigenvalue weighted by Crippen LogP contribution is 2.24. The molecule has 0 radical (unpaired) electrons. The molecule has 2 unspecified atom stereocenters. The lowest BCUT2D eigenvalue weighted by molar-refractivity contribution is 0.314. The van der Waals surface area contributed by atoms with Crippen LogP contribution in [0.4, 0.5) is 5.69 Å². The molecule has 2 N–H and O–H groups in total. The van der Waals surface area contributed by atoms with Crippen LogP contribution in [-0.2, 0) is 6.42 Å². The van der Waals surface area contributed by atoms with Crippen molar-refractivity contribution in [3.05, 3.63) is 29.3 Å². The molecule has 20 heavy (non-hydrogen) atoms. The molecule has 0 aromatic heterocycles. The number of nitrogens with zero attached hydrogens (tertiary/aromatic N) is 2. The number of hydrogen-bond acceptors (Lipinski definition) is 3. The van der Waals surface area contributed by atoms with E-state index in [1.807, 2.05) is 0 Å². The third-order valence-corrected chi connectivity index (χ3v) is 4.34. The molecule has 0 spiro atoms. The number of rotatable bonds is 5. The molecule has 2 rings (SSSR count). The van der Waals surface area contributed by atoms with Gasteiger partial charge in [-0.3, -0.25) is 0 Å². The van der Waals surface area contributed by atoms with Crippen molar-refractivity contribution >= 4 is 5.69 Å². The summed E-state index contributed by atoms with van der Waals surface area (Å²) in [5.41, 5.74) is 10.0. The molecular formula is C17H29N3. The molecule has 3 heteroatoms. The largest absolute Gasteiger partial charge is 0.373 e. The maximum Gasteiger partial charge on any atom is 0.0397 e. The number of hydrogen-bond donors (Lipinski definition) is 1. The minimum absolute atomic E-state index is 0.207. The van der Waals surface area contributed by atoms with Crippen LogP contribution < -0.4 is 10.6 Å². The maximum atomic E-state index is 6.00. The van der Waals surface area contributed by atoms with Gasteiger partial charge in [0.15, 0.2) is 0 Å². The highest BCUT2D eigenvalue weighted by atomic mass is 15.2. The summed E-state index contributed by atoms with van der Waals surface area (Å²) >= 11 is 0. The van der Waals surface area contributed by atoms with Gasteiger partial charge in [-0.05, 0) is 58.3 Å². The van der Waals surface area contributed by atoms with Crippen molar-refractivity contribution in [1.82, 2.24) is 4.90 Å². The van der Waals surface area contributed by atoms with E-state index in [0.717, 1.165) is 13.0 Å². The van der Waals surface area contributed by atoms with Crippen LogP contribution in [0.25, 0.3) is 0 Å². The third kappa shape index (κ3) is 3.74. The number of likely N-dealkylation sites (tertiary alicyclic amines) is 1. The number of aryl methyl sites for hydroxylation is 1. The van der Waals surface area contributed by atoms with Gasteiger partial charge >= 0.3 is 0 Å². The molecular weight excluding hydrogens is 246 g/mol. The molecule has 1 aromatic rings. The van der Waals surface area contributed by atoms with Gasteiger partial charge in [-0.15, -0.1) is 0 Å². The minimum atomic E-state index is 0.207. The van der Waals surface area contributed by atoms with Gasteiger partial charge in [0.2, 0.25) is 0 Å². The van der Waals surface area contributed by atoms with Crippen LogP contribution in [-0.4, -0.2) is 44.2 Å². The van der Waals surface area contributed by atoms with E-state index in [9.17, 15) is 0 Å². The molecule has 1 heterocycles. The van der Waals surface area contributed by atoms with E-state index in [2.05, 4.69) is 55.9 Å². The number of likely N-dealkylation sites (N-methyl/N-ethyl adjacent to an activating group) is 2. The molecule has 1 aliphatic heterocycles. The van der Waals surface area contributed by atoms with E-state index in [1.165, 1.54) is 36.2 Å². The van der Waals surface area contributed by atoms with Crippen molar-refractivity contribution in [3.8, 4) is 0 Å². The molecule has 0 aliphatic carbocycles. The lowest BCUT2D eigenvalue weighted by Gasteiger charge is -2.29. The molecule has 0 bridgehead atoms. The van der Waals surface area contributed by atoms with Gasteiger partial charge in [0.25, 0.3) is 0 Å². The van der Waals surface area contributed by atoms with Crippen LogP contribution in [0.3, 0.4) is 0 Å². The first-order valence-corrected chi connectivity index (χ1v) is 7.74. The Morgan fingerprint density at radius 1 is 1.45 bits per heavy atom. The molecule has 0 saturated carbocycles. The Morgan fingerprint density at radius 2 is 2.20 bits per heavy atom. The molecule has 1 saturated heterocycles. The van der Waals surface area contributed by atoms with Crippen LogP contribution in [0.15, 0.2) is 18.2 Å². The van der Waals surface area contributed by atoms with Crippen molar-refractivity contribution in [2.24, 2.45) is 5.73 Å². The molecule has 3 nitrogen and oxygen atoms in total. The summed E-state index contributed by atoms with van der Waals surface area (Å²) in [5, 5.41) is 0. The van der Waals surface area contributed by atoms with Crippen LogP contribution in [0.1, 0.15) is 30.9 Å². The van der Waals surface area contributed by atoms with Crippen molar-refractivity contribution in [2.75, 3.05) is 32.1 Å². The van der Waals surface area contributed by atoms with Gasteiger partial charge in [0, 0.05) is 31.4 Å². The lowest BCUT2D eigenvalue weighted by Crippen LogP contribution is -2.37. The molecule has 2 atom stereocenters. The Kier molecular flexibility index (Phi) is 5.06. The summed E-state index contributed by atoms with van der Waals surface area (Å²) in [4.78, 5) is 4.89. The normalized spacial score (nSPS) is 21.1. The zero-order chi connectivity index (χ0) is 14.7. The predicted molar refractivity (Wildman–Crippen MR) is 87.5 cm³/mol. The Morgan fingerprint density at radius 3 is 2.80 bits per heavy atom. The van der Waals surface area contributed by atoms with Crippen LogP contribution in [0.2, 0.25) is 0 Å². The van der Waals surface area contributed by atoms with Crippen molar-refractivity contribution in [2.45, 2.75) is 45.2 Å². The Balaban J connectivity index is 2.13. The number of anilines is 1. The van der Waals surface area contributed by atoms with Gasteiger partial charge in [-0.1, -0.05) is 17.7 Å². The molecule has 0 amide bonds. The Hall–Kier alpha value is -1.06. The molecule has 1 aliphatic rings. The van der Waals surface area contributed by atoms with E-state index in [1.54, 1.807) is 0 Å². The first-order chi connectivity index (χ1) is 9.47. The first kappa shape index (κ1) is 15.3. The van der Waals surface area contributed by atoms with E-state index < -0.39 is 0 Å². The van der Waals surface area contributed by atoms with Gasteiger partial charge in [-0.25, -0.2) is 0 Å². The quantitative estimate of drug-likeness (QED) is 0.896. The van der Waals surface area contributed by atoms with Crippen LogP contribution >= 0.6 is 0 Å². The minimum Gasteiger partial charge on any atom is -0.373 e. The van der Waals surface area contributed by atoms with Crippen molar-refractivity contribution < 1.29 is 0 Å². The van der Waals surface area contributed by atoms with E-state index in [4.69, 9.17) is 5.73 Å². The van der Waals surface area contributed by atoms with Gasteiger partial charge in [0.1, 0.15) is 0 Å². The second-order valence-electron chi connectivity index (χ2n) is 6.47. The summed E-state index contributed by atoms with van der Waals surface area (Å²) in [5.74, 6) is 0. The standard InChI is InChI=1S/C17H29N3/c1-13-7-8-17(15(10-13)11-14(2)18)20(4)12-16-6-5-9-19(16)3/h7-8,10,14,16H,5-6,9,11-12,18H2,1-4H3. The zero-order valence-electron chi connectivity index (χ0n) is 13.4. The topological polar surface area (TPSA) is 32.5 Å². The fraction of sp³-hybridized carbons (Fsp3) is 0.647. The monoisotopic (exact) mass is 275 g/mol. The second-order valence-corrected chi connectivity index (χ2v) is 6.47. The Labute approximate surface area is 123 Å². The summed E-state index contributed by atoms with van der Waals surface area (Å²) in [6.45, 7) is 6.57. The van der Waals surface area contributed by atoms with Crippen molar-refractivity contribution in [1.29, 1.82) is 0 Å². The van der Waals surface area contributed by atoms with E-state index >= 15 is 0 Å². The van der Waals surface area contributed by atoms with E-state index in [0.29, 0.717) is 6.04 Å². The number of nitrogens with two attached hydrogens (primary N) is 1. The lowest BCUT2D eigenvalue weighted by atomic mass is 10.0. The fourth-order valence-corrected chi connectivity index (χ4v) is 3.22. The average Bonchev–Trinajstić information content (AvgIpc) is 2.74.